The molecule has 0 radical (unpaired) electrons. The van der Waals surface area contributed by atoms with Crippen LogP contribution in [0.5, 0.6) is 0 Å². The Bertz CT molecular complexity index is 781. The summed E-state index contributed by atoms with van der Waals surface area (Å²) in [6.07, 6.45) is 1.06. The Morgan fingerprint density at radius 1 is 1.15 bits per heavy atom. The van der Waals surface area contributed by atoms with Crippen molar-refractivity contribution in [3.63, 3.8) is 0 Å². The lowest BCUT2D eigenvalue weighted by atomic mass is 9.96. The highest BCUT2D eigenvalue weighted by Crippen LogP contribution is 2.27. The maximum Gasteiger partial charge on any atom is 0.407 e. The highest BCUT2D eigenvalue weighted by atomic mass is 16.6. The van der Waals surface area contributed by atoms with E-state index in [0.29, 0.717) is 6.54 Å². The summed E-state index contributed by atoms with van der Waals surface area (Å²) in [7, 11) is 0. The molecule has 0 saturated carbocycles. The molecular formula is C20H24N2O4. The Morgan fingerprint density at radius 2 is 1.88 bits per heavy atom. The number of benzene rings is 2. The van der Waals surface area contributed by atoms with Crippen molar-refractivity contribution in [2.45, 2.75) is 39.2 Å². The van der Waals surface area contributed by atoms with Crippen molar-refractivity contribution in [2.75, 3.05) is 6.54 Å². The summed E-state index contributed by atoms with van der Waals surface area (Å²) in [5, 5.41) is 13.7. The molecule has 26 heavy (non-hydrogen) atoms. The number of carbonyl (C=O) groups excluding carboxylic acids is 1. The van der Waals surface area contributed by atoms with E-state index in [1.165, 1.54) is 6.07 Å². The van der Waals surface area contributed by atoms with Crippen molar-refractivity contribution in [1.29, 1.82) is 0 Å². The quantitative estimate of drug-likeness (QED) is 0.461. The van der Waals surface area contributed by atoms with E-state index in [2.05, 4.69) is 5.32 Å². The lowest BCUT2D eigenvalue weighted by molar-refractivity contribution is -0.384. The first-order valence-corrected chi connectivity index (χ1v) is 8.56. The molecule has 1 N–H and O–H groups in total. The molecule has 2 rings (SSSR count). The molecule has 6 heteroatoms. The fraction of sp³-hybridized carbons (Fsp3) is 0.350. The number of amides is 1. The predicted molar refractivity (Wildman–Crippen MR) is 101 cm³/mol. The summed E-state index contributed by atoms with van der Waals surface area (Å²) in [4.78, 5) is 22.3. The largest absolute Gasteiger partial charge is 0.444 e. The van der Waals surface area contributed by atoms with E-state index in [0.717, 1.165) is 29.5 Å². The number of nitro groups is 1. The van der Waals surface area contributed by atoms with Gasteiger partial charge in [-0.15, -0.1) is 0 Å². The third-order valence-electron chi connectivity index (χ3n) is 3.68. The van der Waals surface area contributed by atoms with E-state index < -0.39 is 16.6 Å². The van der Waals surface area contributed by atoms with Gasteiger partial charge >= 0.3 is 6.09 Å². The van der Waals surface area contributed by atoms with E-state index in [9.17, 15) is 14.9 Å². The normalized spacial score (nSPS) is 11.0. The molecular weight excluding hydrogens is 332 g/mol. The van der Waals surface area contributed by atoms with E-state index in [-0.39, 0.29) is 5.69 Å². The number of hydrogen-bond acceptors (Lipinski definition) is 4. The molecule has 6 nitrogen and oxygen atoms in total. The minimum atomic E-state index is -0.515. The highest BCUT2D eigenvalue weighted by molar-refractivity contribution is 5.69. The van der Waals surface area contributed by atoms with Crippen molar-refractivity contribution in [3.05, 3.63) is 64.2 Å². The van der Waals surface area contributed by atoms with Gasteiger partial charge in [-0.2, -0.15) is 0 Å². The Labute approximate surface area is 153 Å². The van der Waals surface area contributed by atoms with E-state index in [1.54, 1.807) is 12.1 Å². The van der Waals surface area contributed by atoms with Crippen LogP contribution in [0.25, 0.3) is 11.1 Å². The Kier molecular flexibility index (Phi) is 6.33. The van der Waals surface area contributed by atoms with Crippen LogP contribution in [0.2, 0.25) is 0 Å². The van der Waals surface area contributed by atoms with Gasteiger partial charge in [0, 0.05) is 18.7 Å². The molecule has 0 saturated heterocycles. The number of rotatable bonds is 6. The van der Waals surface area contributed by atoms with Gasteiger partial charge in [-0.1, -0.05) is 36.4 Å². The summed E-state index contributed by atoms with van der Waals surface area (Å²) in [6, 6.07) is 14.4. The fourth-order valence-corrected chi connectivity index (χ4v) is 2.59. The van der Waals surface area contributed by atoms with Gasteiger partial charge in [0.2, 0.25) is 0 Å². The zero-order valence-electron chi connectivity index (χ0n) is 15.3. The van der Waals surface area contributed by atoms with E-state index in [1.807, 2.05) is 51.1 Å². The predicted octanol–water partition coefficient (Wildman–Crippen LogP) is 4.72. The molecule has 0 atom stereocenters. The van der Waals surface area contributed by atoms with Crippen molar-refractivity contribution >= 4 is 11.8 Å². The average molecular weight is 356 g/mol. The second-order valence-electron chi connectivity index (χ2n) is 7.00. The highest BCUT2D eigenvalue weighted by Gasteiger charge is 2.15. The first kappa shape index (κ1) is 19.4. The van der Waals surface area contributed by atoms with Crippen LogP contribution < -0.4 is 5.32 Å². The van der Waals surface area contributed by atoms with Crippen LogP contribution in [0.3, 0.4) is 0 Å². The number of non-ortho nitro benzene ring substituents is 1. The summed E-state index contributed by atoms with van der Waals surface area (Å²) >= 11 is 0. The molecule has 0 heterocycles. The molecule has 138 valence electrons. The Morgan fingerprint density at radius 3 is 2.58 bits per heavy atom. The third-order valence-corrected chi connectivity index (χ3v) is 3.68. The van der Waals surface area contributed by atoms with Crippen LogP contribution in [0.15, 0.2) is 48.5 Å². The monoisotopic (exact) mass is 356 g/mol. The first-order chi connectivity index (χ1) is 12.3. The van der Waals surface area contributed by atoms with Crippen LogP contribution >= 0.6 is 0 Å². The fourth-order valence-electron chi connectivity index (χ4n) is 2.59. The zero-order chi connectivity index (χ0) is 19.2. The summed E-state index contributed by atoms with van der Waals surface area (Å²) in [5.41, 5.74) is 2.42. The maximum atomic E-state index is 11.7. The minimum absolute atomic E-state index is 0.0731. The topological polar surface area (TPSA) is 81.5 Å². The molecule has 2 aromatic carbocycles. The molecule has 0 aliphatic rings. The molecule has 0 aliphatic carbocycles. The van der Waals surface area contributed by atoms with Gasteiger partial charge in [-0.25, -0.2) is 4.79 Å². The van der Waals surface area contributed by atoms with Crippen molar-refractivity contribution < 1.29 is 14.5 Å². The summed E-state index contributed by atoms with van der Waals surface area (Å²) in [5.74, 6) is 0. The van der Waals surface area contributed by atoms with Crippen molar-refractivity contribution in [2.24, 2.45) is 0 Å². The molecule has 0 unspecified atom stereocenters. The first-order valence-electron chi connectivity index (χ1n) is 8.56. The molecule has 0 fully saturated rings. The number of nitrogens with one attached hydrogen (secondary N) is 1. The van der Waals surface area contributed by atoms with Gasteiger partial charge in [0.25, 0.3) is 5.69 Å². The number of ether oxygens (including phenoxy) is 1. The lowest BCUT2D eigenvalue weighted by Crippen LogP contribution is -2.33. The van der Waals surface area contributed by atoms with Crippen molar-refractivity contribution in [3.8, 4) is 11.1 Å². The van der Waals surface area contributed by atoms with E-state index in [4.69, 9.17) is 4.74 Å². The SMILES string of the molecule is CC(C)(C)OC(=O)NCCCc1ccccc1-c1cccc([N+](=O)[O-])c1. The van der Waals surface area contributed by atoms with Gasteiger partial charge in [0.15, 0.2) is 0 Å². The molecule has 0 bridgehead atoms. The van der Waals surface area contributed by atoms with Gasteiger partial charge in [-0.05, 0) is 50.3 Å². The van der Waals surface area contributed by atoms with Crippen molar-refractivity contribution in [1.82, 2.24) is 5.32 Å². The van der Waals surface area contributed by atoms with Crippen LogP contribution in [0, 0.1) is 10.1 Å². The van der Waals surface area contributed by atoms with Crippen LogP contribution in [0.4, 0.5) is 10.5 Å². The number of nitro benzene ring substituents is 1. The molecule has 1 amide bonds. The number of aryl methyl sites for hydroxylation is 1. The van der Waals surface area contributed by atoms with Gasteiger partial charge in [0.1, 0.15) is 5.60 Å². The Balaban J connectivity index is 2.00. The molecule has 0 aromatic heterocycles. The minimum Gasteiger partial charge on any atom is -0.444 e. The average Bonchev–Trinajstić information content (AvgIpc) is 2.57. The van der Waals surface area contributed by atoms with Crippen LogP contribution in [-0.2, 0) is 11.2 Å². The molecule has 2 aromatic rings. The standard InChI is InChI=1S/C20H24N2O4/c1-20(2,3)26-19(23)21-13-7-10-15-8-4-5-12-18(15)16-9-6-11-17(14-16)22(24)25/h4-6,8-9,11-12,14H,7,10,13H2,1-3H3,(H,21,23). The maximum absolute atomic E-state index is 11.7. The second kappa shape index (κ2) is 8.47. The van der Waals surface area contributed by atoms with E-state index >= 15 is 0 Å². The number of hydrogen-bond donors (Lipinski definition) is 1. The number of alkyl carbamates (subject to hydrolysis) is 1. The summed E-state index contributed by atoms with van der Waals surface area (Å²) in [6.45, 7) is 5.96. The zero-order valence-corrected chi connectivity index (χ0v) is 15.3. The van der Waals surface area contributed by atoms with Crippen LogP contribution in [0.1, 0.15) is 32.8 Å². The number of carbonyl (C=O) groups is 1. The molecule has 0 aliphatic heterocycles. The molecule has 0 spiro atoms. The lowest BCUT2D eigenvalue weighted by Gasteiger charge is -2.19. The Hall–Kier alpha value is -2.89. The number of nitrogens with zero attached hydrogens (tertiary/aromatic N) is 1. The van der Waals surface area contributed by atoms with Gasteiger partial charge in [-0.3, -0.25) is 10.1 Å². The van der Waals surface area contributed by atoms with Gasteiger partial charge in [0.05, 0.1) is 4.92 Å². The third kappa shape index (κ3) is 5.88. The smallest absolute Gasteiger partial charge is 0.407 e. The van der Waals surface area contributed by atoms with Crippen LogP contribution in [-0.4, -0.2) is 23.2 Å². The summed E-state index contributed by atoms with van der Waals surface area (Å²) < 4.78 is 5.20. The van der Waals surface area contributed by atoms with Gasteiger partial charge < -0.3 is 10.1 Å². The second-order valence-corrected chi connectivity index (χ2v) is 7.00.